The van der Waals surface area contributed by atoms with Crippen LogP contribution in [0.3, 0.4) is 0 Å². The number of nitrogens with zero attached hydrogens (tertiary/aromatic N) is 3. The van der Waals surface area contributed by atoms with E-state index in [1.807, 2.05) is 29.1 Å². The van der Waals surface area contributed by atoms with Crippen LogP contribution < -0.4 is 11.1 Å². The molecule has 6 nitrogen and oxygen atoms in total. The Hall–Kier alpha value is -2.08. The minimum Gasteiger partial charge on any atom is -0.393 e. The monoisotopic (exact) mass is 287 g/mol. The zero-order chi connectivity index (χ0) is 14.7. The minimum absolute atomic E-state index is 0.146. The molecule has 0 spiro atoms. The molecule has 21 heavy (non-hydrogen) atoms. The summed E-state index contributed by atoms with van der Waals surface area (Å²) >= 11 is 0. The van der Waals surface area contributed by atoms with Gasteiger partial charge in [0.1, 0.15) is 11.6 Å². The lowest BCUT2D eigenvalue weighted by Crippen LogP contribution is -2.28. The zero-order valence-electron chi connectivity index (χ0n) is 11.9. The number of hydrogen-bond acceptors (Lipinski definition) is 5. The van der Waals surface area contributed by atoms with Crippen LogP contribution in [0.1, 0.15) is 31.2 Å². The summed E-state index contributed by atoms with van der Waals surface area (Å²) < 4.78 is 1.86. The highest BCUT2D eigenvalue weighted by Crippen LogP contribution is 2.22. The van der Waals surface area contributed by atoms with E-state index < -0.39 is 0 Å². The minimum atomic E-state index is -0.146. The predicted molar refractivity (Wildman–Crippen MR) is 81.9 cm³/mol. The van der Waals surface area contributed by atoms with Gasteiger partial charge in [0.05, 0.1) is 12.6 Å². The number of rotatable bonds is 4. The molecule has 112 valence electrons. The van der Waals surface area contributed by atoms with Crippen LogP contribution >= 0.6 is 0 Å². The number of aliphatic hydroxyl groups excluding tert-OH is 1. The average Bonchev–Trinajstić information content (AvgIpc) is 2.93. The SMILES string of the molecule is Nc1cc(Cn2cccn2)cc(N[C@H]2CC[C@H](O)CC2)n1. The third-order valence-corrected chi connectivity index (χ3v) is 3.86. The van der Waals surface area contributed by atoms with E-state index in [0.717, 1.165) is 37.1 Å². The number of pyridine rings is 1. The second kappa shape index (κ2) is 6.13. The van der Waals surface area contributed by atoms with Crippen molar-refractivity contribution in [2.45, 2.75) is 44.4 Å². The average molecular weight is 287 g/mol. The largest absolute Gasteiger partial charge is 0.393 e. The van der Waals surface area contributed by atoms with Crippen molar-refractivity contribution in [3.05, 3.63) is 36.2 Å². The Labute approximate surface area is 124 Å². The Morgan fingerprint density at radius 1 is 1.29 bits per heavy atom. The first kappa shape index (κ1) is 13.9. The zero-order valence-corrected chi connectivity index (χ0v) is 11.9. The van der Waals surface area contributed by atoms with Gasteiger partial charge in [0.25, 0.3) is 0 Å². The molecule has 1 aliphatic carbocycles. The van der Waals surface area contributed by atoms with Gasteiger partial charge < -0.3 is 16.2 Å². The van der Waals surface area contributed by atoms with E-state index in [-0.39, 0.29) is 6.10 Å². The molecule has 0 saturated heterocycles. The van der Waals surface area contributed by atoms with E-state index in [0.29, 0.717) is 18.4 Å². The molecule has 0 radical (unpaired) electrons. The van der Waals surface area contributed by atoms with Crippen molar-refractivity contribution in [1.29, 1.82) is 0 Å². The Balaban J connectivity index is 1.69. The fraction of sp³-hybridized carbons (Fsp3) is 0.467. The summed E-state index contributed by atoms with van der Waals surface area (Å²) in [6.07, 6.45) is 7.16. The second-order valence-electron chi connectivity index (χ2n) is 5.64. The first-order valence-electron chi connectivity index (χ1n) is 7.37. The number of aliphatic hydroxyl groups is 1. The maximum absolute atomic E-state index is 9.55. The summed E-state index contributed by atoms with van der Waals surface area (Å²) in [5.74, 6) is 1.32. The Morgan fingerprint density at radius 2 is 2.10 bits per heavy atom. The van der Waals surface area contributed by atoms with Crippen molar-refractivity contribution < 1.29 is 5.11 Å². The van der Waals surface area contributed by atoms with E-state index in [2.05, 4.69) is 15.4 Å². The number of aromatic nitrogens is 3. The molecule has 0 aromatic carbocycles. The maximum atomic E-state index is 9.55. The van der Waals surface area contributed by atoms with E-state index in [9.17, 15) is 5.11 Å². The molecular formula is C15H21N5O. The van der Waals surface area contributed by atoms with Crippen molar-refractivity contribution in [2.75, 3.05) is 11.1 Å². The summed E-state index contributed by atoms with van der Waals surface area (Å²) in [5.41, 5.74) is 6.97. The number of anilines is 2. The van der Waals surface area contributed by atoms with E-state index in [1.54, 1.807) is 6.20 Å². The van der Waals surface area contributed by atoms with E-state index >= 15 is 0 Å². The Morgan fingerprint density at radius 3 is 2.81 bits per heavy atom. The lowest BCUT2D eigenvalue weighted by atomic mass is 9.93. The Bertz CT molecular complexity index is 576. The molecule has 3 rings (SSSR count). The van der Waals surface area contributed by atoms with Gasteiger partial charge in [0, 0.05) is 18.4 Å². The van der Waals surface area contributed by atoms with Crippen LogP contribution in [0.25, 0.3) is 0 Å². The fourth-order valence-electron chi connectivity index (χ4n) is 2.79. The third-order valence-electron chi connectivity index (χ3n) is 3.86. The smallest absolute Gasteiger partial charge is 0.128 e. The van der Waals surface area contributed by atoms with Gasteiger partial charge in [-0.1, -0.05) is 0 Å². The van der Waals surface area contributed by atoms with Gasteiger partial charge in [-0.25, -0.2) is 4.98 Å². The van der Waals surface area contributed by atoms with Crippen LogP contribution in [-0.2, 0) is 6.54 Å². The van der Waals surface area contributed by atoms with Crippen molar-refractivity contribution in [3.63, 3.8) is 0 Å². The fourth-order valence-corrected chi connectivity index (χ4v) is 2.79. The van der Waals surface area contributed by atoms with Crippen LogP contribution in [0.4, 0.5) is 11.6 Å². The van der Waals surface area contributed by atoms with Crippen LogP contribution in [0.2, 0.25) is 0 Å². The lowest BCUT2D eigenvalue weighted by molar-refractivity contribution is 0.126. The molecule has 4 N–H and O–H groups in total. The highest BCUT2D eigenvalue weighted by molar-refractivity contribution is 5.47. The molecular weight excluding hydrogens is 266 g/mol. The number of nitrogens with two attached hydrogens (primary N) is 1. The molecule has 2 aromatic rings. The molecule has 0 atom stereocenters. The quantitative estimate of drug-likeness (QED) is 0.795. The second-order valence-corrected chi connectivity index (χ2v) is 5.64. The summed E-state index contributed by atoms with van der Waals surface area (Å²) in [6.45, 7) is 0.678. The topological polar surface area (TPSA) is 89.0 Å². The molecule has 0 aliphatic heterocycles. The van der Waals surface area contributed by atoms with Gasteiger partial charge >= 0.3 is 0 Å². The molecule has 1 saturated carbocycles. The van der Waals surface area contributed by atoms with Crippen LogP contribution in [0.5, 0.6) is 0 Å². The van der Waals surface area contributed by atoms with Gasteiger partial charge in [0.2, 0.25) is 0 Å². The standard InChI is InChI=1S/C15H21N5O/c16-14-8-11(10-20-7-1-6-17-20)9-15(19-14)18-12-2-4-13(21)5-3-12/h1,6-9,12-13,21H,2-5,10H2,(H3,16,18,19)/t12-,13-. The van der Waals surface area contributed by atoms with Crippen LogP contribution in [-0.4, -0.2) is 32.0 Å². The van der Waals surface area contributed by atoms with Gasteiger partial charge in [-0.15, -0.1) is 0 Å². The molecule has 6 heteroatoms. The summed E-state index contributed by atoms with van der Waals surface area (Å²) in [4.78, 5) is 4.35. The van der Waals surface area contributed by atoms with Gasteiger partial charge in [-0.3, -0.25) is 4.68 Å². The first-order valence-corrected chi connectivity index (χ1v) is 7.37. The molecule has 0 amide bonds. The van der Waals surface area contributed by atoms with Gasteiger partial charge in [-0.05, 0) is 49.4 Å². The number of nitrogen functional groups attached to an aromatic ring is 1. The first-order chi connectivity index (χ1) is 10.2. The third kappa shape index (κ3) is 3.72. The van der Waals surface area contributed by atoms with Crippen molar-refractivity contribution in [3.8, 4) is 0 Å². The van der Waals surface area contributed by atoms with E-state index in [4.69, 9.17) is 5.73 Å². The normalized spacial score (nSPS) is 22.1. The molecule has 2 aromatic heterocycles. The van der Waals surface area contributed by atoms with Gasteiger partial charge in [0.15, 0.2) is 0 Å². The Kier molecular flexibility index (Phi) is 4.06. The predicted octanol–water partition coefficient (Wildman–Crippen LogP) is 1.62. The van der Waals surface area contributed by atoms with E-state index in [1.165, 1.54) is 0 Å². The number of hydrogen-bond donors (Lipinski definition) is 3. The van der Waals surface area contributed by atoms with Crippen molar-refractivity contribution in [1.82, 2.24) is 14.8 Å². The van der Waals surface area contributed by atoms with Gasteiger partial charge in [-0.2, -0.15) is 5.10 Å². The summed E-state index contributed by atoms with van der Waals surface area (Å²) in [7, 11) is 0. The van der Waals surface area contributed by atoms with Crippen LogP contribution in [0, 0.1) is 0 Å². The molecule has 0 bridgehead atoms. The highest BCUT2D eigenvalue weighted by Gasteiger charge is 2.19. The lowest BCUT2D eigenvalue weighted by Gasteiger charge is -2.26. The molecule has 2 heterocycles. The molecule has 1 aliphatic rings. The highest BCUT2D eigenvalue weighted by atomic mass is 16.3. The molecule has 1 fully saturated rings. The summed E-state index contributed by atoms with van der Waals surface area (Å²) in [6, 6.07) is 6.15. The van der Waals surface area contributed by atoms with Crippen molar-refractivity contribution in [2.24, 2.45) is 0 Å². The van der Waals surface area contributed by atoms with Crippen LogP contribution in [0.15, 0.2) is 30.6 Å². The molecule has 0 unspecified atom stereocenters. The maximum Gasteiger partial charge on any atom is 0.128 e. The number of nitrogens with one attached hydrogen (secondary N) is 1. The van der Waals surface area contributed by atoms with Crippen molar-refractivity contribution >= 4 is 11.6 Å². The summed E-state index contributed by atoms with van der Waals surface area (Å²) in [5, 5.41) is 17.2.